The molecule has 0 radical (unpaired) electrons. The van der Waals surface area contributed by atoms with Gasteiger partial charge < -0.3 is 10.2 Å². The van der Waals surface area contributed by atoms with Gasteiger partial charge in [0.2, 0.25) is 0 Å². The first kappa shape index (κ1) is 13.2. The van der Waals surface area contributed by atoms with Crippen molar-refractivity contribution in [2.75, 3.05) is 5.43 Å². The number of aromatic nitrogens is 2. The molecule has 1 aromatic carbocycles. The van der Waals surface area contributed by atoms with E-state index in [1.54, 1.807) is 13.0 Å². The van der Waals surface area contributed by atoms with Crippen LogP contribution in [0.1, 0.15) is 11.5 Å². The molecule has 0 spiro atoms. The molecule has 0 unspecified atom stereocenters. The van der Waals surface area contributed by atoms with E-state index < -0.39 is 11.6 Å². The van der Waals surface area contributed by atoms with E-state index in [9.17, 15) is 8.78 Å². The smallest absolute Gasteiger partial charge is 0.168 e. The van der Waals surface area contributed by atoms with Crippen molar-refractivity contribution in [1.29, 1.82) is 0 Å². The van der Waals surface area contributed by atoms with E-state index in [0.29, 0.717) is 17.3 Å². The second-order valence-corrected chi connectivity index (χ2v) is 3.82. The van der Waals surface area contributed by atoms with E-state index in [1.807, 2.05) is 0 Å². The van der Waals surface area contributed by atoms with Crippen LogP contribution in [0.4, 0.5) is 14.6 Å². The van der Waals surface area contributed by atoms with E-state index in [0.717, 1.165) is 18.2 Å². The second-order valence-electron chi connectivity index (χ2n) is 3.82. The molecule has 0 saturated carbocycles. The van der Waals surface area contributed by atoms with E-state index in [2.05, 4.69) is 15.4 Å². The Bertz CT molecular complexity index is 592. The molecule has 2 rings (SSSR count). The van der Waals surface area contributed by atoms with Crippen molar-refractivity contribution in [3.63, 3.8) is 0 Å². The van der Waals surface area contributed by atoms with Crippen LogP contribution in [0, 0.1) is 18.6 Å². The summed E-state index contributed by atoms with van der Waals surface area (Å²) in [6.45, 7) is 1.67. The molecule has 7 heteroatoms. The lowest BCUT2D eigenvalue weighted by Crippen LogP contribution is -2.12. The number of nitrogen functional groups attached to an aromatic ring is 1. The van der Waals surface area contributed by atoms with E-state index in [1.165, 1.54) is 0 Å². The molecule has 0 aliphatic rings. The van der Waals surface area contributed by atoms with Crippen LogP contribution in [0.2, 0.25) is 0 Å². The molecule has 0 atom stereocenters. The summed E-state index contributed by atoms with van der Waals surface area (Å²) >= 11 is 0. The number of halogens is 2. The molecule has 0 saturated heterocycles. The van der Waals surface area contributed by atoms with Crippen molar-refractivity contribution in [2.45, 2.75) is 13.5 Å². The zero-order chi connectivity index (χ0) is 13.8. The van der Waals surface area contributed by atoms with Crippen molar-refractivity contribution < 1.29 is 13.5 Å². The maximum absolute atomic E-state index is 13.3. The van der Waals surface area contributed by atoms with Crippen molar-refractivity contribution >= 4 is 5.82 Å². The van der Waals surface area contributed by atoms with Gasteiger partial charge in [0, 0.05) is 17.8 Å². The highest BCUT2D eigenvalue weighted by molar-refractivity contribution is 5.34. The normalized spacial score (nSPS) is 10.3. The van der Waals surface area contributed by atoms with Gasteiger partial charge in [0.15, 0.2) is 17.4 Å². The number of nitrogens with one attached hydrogen (secondary N) is 1. The van der Waals surface area contributed by atoms with Gasteiger partial charge in [-0.3, -0.25) is 0 Å². The maximum atomic E-state index is 13.3. The lowest BCUT2D eigenvalue weighted by atomic mass is 10.3. The minimum Gasteiger partial charge on any atom is -0.482 e. The Morgan fingerprint density at radius 2 is 2.05 bits per heavy atom. The monoisotopic (exact) mass is 266 g/mol. The summed E-state index contributed by atoms with van der Waals surface area (Å²) in [4.78, 5) is 8.13. The fourth-order valence-electron chi connectivity index (χ4n) is 1.50. The first-order valence-corrected chi connectivity index (χ1v) is 5.47. The zero-order valence-corrected chi connectivity index (χ0v) is 10.2. The first-order chi connectivity index (χ1) is 9.08. The number of aryl methyl sites for hydroxylation is 1. The summed E-state index contributed by atoms with van der Waals surface area (Å²) < 4.78 is 31.4. The van der Waals surface area contributed by atoms with Crippen molar-refractivity contribution in [1.82, 2.24) is 9.97 Å². The summed E-state index contributed by atoms with van der Waals surface area (Å²) in [6, 6.07) is 4.62. The second kappa shape index (κ2) is 5.57. The van der Waals surface area contributed by atoms with Gasteiger partial charge in [-0.2, -0.15) is 0 Å². The van der Waals surface area contributed by atoms with Gasteiger partial charge in [0.1, 0.15) is 18.2 Å². The number of nitrogens with zero attached hydrogens (tertiary/aromatic N) is 2. The maximum Gasteiger partial charge on any atom is 0.168 e. The molecule has 3 N–H and O–H groups in total. The molecular formula is C12H12F2N4O. The Balaban J connectivity index is 2.14. The Hall–Kier alpha value is -2.28. The highest BCUT2D eigenvalue weighted by Crippen LogP contribution is 2.19. The third kappa shape index (κ3) is 3.35. The lowest BCUT2D eigenvalue weighted by Gasteiger charge is -2.08. The van der Waals surface area contributed by atoms with Gasteiger partial charge in [0.25, 0.3) is 0 Å². The lowest BCUT2D eigenvalue weighted by molar-refractivity contribution is 0.279. The Labute approximate surface area is 108 Å². The van der Waals surface area contributed by atoms with Crippen molar-refractivity contribution in [3.05, 3.63) is 47.4 Å². The highest BCUT2D eigenvalue weighted by Gasteiger charge is 2.07. The highest BCUT2D eigenvalue weighted by atomic mass is 19.1. The molecule has 0 aliphatic heterocycles. The minimum absolute atomic E-state index is 0.0866. The van der Waals surface area contributed by atoms with Gasteiger partial charge in [-0.25, -0.2) is 24.6 Å². The third-order valence-corrected chi connectivity index (χ3v) is 2.30. The van der Waals surface area contributed by atoms with Crippen LogP contribution >= 0.6 is 0 Å². The number of hydrogen-bond acceptors (Lipinski definition) is 5. The molecule has 1 heterocycles. The fourth-order valence-corrected chi connectivity index (χ4v) is 1.50. The average molecular weight is 266 g/mol. The molecule has 19 heavy (non-hydrogen) atoms. The summed E-state index contributed by atoms with van der Waals surface area (Å²) in [7, 11) is 0. The third-order valence-electron chi connectivity index (χ3n) is 2.30. The van der Waals surface area contributed by atoms with Crippen LogP contribution in [0.15, 0.2) is 24.3 Å². The molecule has 1 aromatic heterocycles. The van der Waals surface area contributed by atoms with Crippen LogP contribution in [-0.2, 0) is 6.61 Å². The number of ether oxygens (including phenoxy) is 1. The fraction of sp³-hybridized carbons (Fsp3) is 0.167. The summed E-state index contributed by atoms with van der Waals surface area (Å²) in [5.74, 6) is 4.57. The molecule has 100 valence electrons. The molecule has 0 fully saturated rings. The van der Waals surface area contributed by atoms with Crippen LogP contribution in [0.5, 0.6) is 5.75 Å². The van der Waals surface area contributed by atoms with Gasteiger partial charge in [-0.05, 0) is 19.1 Å². The molecule has 2 aromatic rings. The molecule has 0 bridgehead atoms. The first-order valence-electron chi connectivity index (χ1n) is 5.47. The summed E-state index contributed by atoms with van der Waals surface area (Å²) in [5, 5.41) is 0. The summed E-state index contributed by atoms with van der Waals surface area (Å²) in [6.07, 6.45) is 0. The predicted octanol–water partition coefficient (Wildman–Crippen LogP) is 1.93. The SMILES string of the molecule is Cc1cc(NN)nc(COc2cc(F)ccc2F)n1. The minimum atomic E-state index is -0.647. The molecule has 0 amide bonds. The molecule has 5 nitrogen and oxygen atoms in total. The number of benzene rings is 1. The predicted molar refractivity (Wildman–Crippen MR) is 65.3 cm³/mol. The van der Waals surface area contributed by atoms with Gasteiger partial charge >= 0.3 is 0 Å². The van der Waals surface area contributed by atoms with Crippen LogP contribution in [0.3, 0.4) is 0 Å². The van der Waals surface area contributed by atoms with E-state index >= 15 is 0 Å². The summed E-state index contributed by atoms with van der Waals surface area (Å²) in [5.41, 5.74) is 3.07. The van der Waals surface area contributed by atoms with Crippen LogP contribution < -0.4 is 16.0 Å². The van der Waals surface area contributed by atoms with Crippen LogP contribution in [0.25, 0.3) is 0 Å². The van der Waals surface area contributed by atoms with E-state index in [4.69, 9.17) is 10.6 Å². The van der Waals surface area contributed by atoms with Gasteiger partial charge in [-0.15, -0.1) is 0 Å². The molecule has 0 aliphatic carbocycles. The van der Waals surface area contributed by atoms with Gasteiger partial charge in [0.05, 0.1) is 0 Å². The number of hydrogen-bond donors (Lipinski definition) is 2. The van der Waals surface area contributed by atoms with E-state index in [-0.39, 0.29) is 12.4 Å². The number of nitrogens with two attached hydrogens (primary N) is 1. The topological polar surface area (TPSA) is 73.1 Å². The van der Waals surface area contributed by atoms with Crippen molar-refractivity contribution in [2.24, 2.45) is 5.84 Å². The number of hydrazine groups is 1. The number of rotatable bonds is 4. The quantitative estimate of drug-likeness (QED) is 0.653. The average Bonchev–Trinajstić information content (AvgIpc) is 2.39. The Kier molecular flexibility index (Phi) is 3.86. The van der Waals surface area contributed by atoms with Crippen LogP contribution in [-0.4, -0.2) is 9.97 Å². The van der Waals surface area contributed by atoms with Gasteiger partial charge in [-0.1, -0.05) is 0 Å². The zero-order valence-electron chi connectivity index (χ0n) is 10.2. The Morgan fingerprint density at radius 1 is 1.26 bits per heavy atom. The number of anilines is 1. The largest absolute Gasteiger partial charge is 0.482 e. The molecular weight excluding hydrogens is 254 g/mol. The standard InChI is InChI=1S/C12H12F2N4O/c1-7-4-11(18-15)17-12(16-7)6-19-10-5-8(13)2-3-9(10)14/h2-5H,6,15H2,1H3,(H,16,17,18). The van der Waals surface area contributed by atoms with Crippen molar-refractivity contribution in [3.8, 4) is 5.75 Å². The Morgan fingerprint density at radius 3 is 2.79 bits per heavy atom.